The van der Waals surface area contributed by atoms with Gasteiger partial charge in [-0.1, -0.05) is 18.6 Å². The molecule has 3 aromatic rings. The maximum absolute atomic E-state index is 12.9. The SMILES string of the molecule is CCCCNc1nc(Sc2ccc(C(F)(F)F)cc2)nc2c1nnn2C1C[C@H](C(=O)NCCO)C(O)C1O. The summed E-state index contributed by atoms with van der Waals surface area (Å²) in [6.07, 6.45) is -5.36. The van der Waals surface area contributed by atoms with Gasteiger partial charge in [0, 0.05) is 18.0 Å². The number of aliphatic hydroxyl groups is 3. The Balaban J connectivity index is 1.67. The van der Waals surface area contributed by atoms with Crippen molar-refractivity contribution in [3.8, 4) is 0 Å². The van der Waals surface area contributed by atoms with E-state index in [1.165, 1.54) is 16.8 Å². The third-order valence-corrected chi connectivity index (χ3v) is 7.10. The molecule has 38 heavy (non-hydrogen) atoms. The molecule has 2 heterocycles. The Bertz CT molecular complexity index is 1260. The van der Waals surface area contributed by atoms with Gasteiger partial charge < -0.3 is 26.0 Å². The van der Waals surface area contributed by atoms with Crippen LogP contribution in [0.2, 0.25) is 0 Å². The Labute approximate surface area is 219 Å². The number of rotatable bonds is 10. The lowest BCUT2D eigenvalue weighted by atomic mass is 10.0. The van der Waals surface area contributed by atoms with Crippen molar-refractivity contribution in [2.75, 3.05) is 25.0 Å². The standard InChI is InChI=1S/C23H28F3N7O4S/c1-2-3-8-27-19-16-20(30-22(29-19)38-13-6-4-12(5-7-13)23(24,25)26)33(32-31-16)15-11-14(17(35)18(15)36)21(37)28-9-10-34/h4-7,14-15,17-18,34-36H,2-3,8-11H2,1H3,(H,28,37)(H,27,29,30)/t14-,15?,17?,18?/m0/s1. The zero-order chi connectivity index (χ0) is 27.4. The van der Waals surface area contributed by atoms with Crippen LogP contribution in [0.1, 0.15) is 37.8 Å². The van der Waals surface area contributed by atoms with Gasteiger partial charge in [-0.25, -0.2) is 14.6 Å². The number of nitrogens with zero attached hydrogens (tertiary/aromatic N) is 5. The Morgan fingerprint density at radius 1 is 1.16 bits per heavy atom. The first-order chi connectivity index (χ1) is 18.1. The van der Waals surface area contributed by atoms with E-state index in [1.807, 2.05) is 6.92 Å². The smallest absolute Gasteiger partial charge is 0.395 e. The first kappa shape index (κ1) is 28.0. The van der Waals surface area contributed by atoms with Crippen molar-refractivity contribution in [3.05, 3.63) is 29.8 Å². The summed E-state index contributed by atoms with van der Waals surface area (Å²) in [5.74, 6) is -1.08. The Morgan fingerprint density at radius 3 is 2.55 bits per heavy atom. The quantitative estimate of drug-likeness (QED) is 0.185. The van der Waals surface area contributed by atoms with E-state index in [0.717, 1.165) is 36.7 Å². The van der Waals surface area contributed by atoms with Crippen LogP contribution in [0, 0.1) is 5.92 Å². The number of hydrogen-bond donors (Lipinski definition) is 5. The Kier molecular flexibility index (Phi) is 8.70. The van der Waals surface area contributed by atoms with Gasteiger partial charge in [0.1, 0.15) is 6.10 Å². The maximum Gasteiger partial charge on any atom is 0.416 e. The number of carbonyl (C=O) groups excluding carboxylic acids is 1. The molecule has 5 N–H and O–H groups in total. The van der Waals surface area contributed by atoms with E-state index in [1.54, 1.807) is 0 Å². The summed E-state index contributed by atoms with van der Waals surface area (Å²) in [7, 11) is 0. The fraction of sp³-hybridized carbons (Fsp3) is 0.522. The summed E-state index contributed by atoms with van der Waals surface area (Å²) in [6, 6.07) is 3.78. The summed E-state index contributed by atoms with van der Waals surface area (Å²) >= 11 is 1.05. The Hall–Kier alpha value is -3.01. The molecule has 3 unspecified atom stereocenters. The molecule has 0 bridgehead atoms. The zero-order valence-corrected chi connectivity index (χ0v) is 21.2. The lowest BCUT2D eigenvalue weighted by Gasteiger charge is -2.17. The number of benzene rings is 1. The van der Waals surface area contributed by atoms with Crippen LogP contribution in [0.4, 0.5) is 19.0 Å². The van der Waals surface area contributed by atoms with Gasteiger partial charge in [-0.3, -0.25) is 4.79 Å². The van der Waals surface area contributed by atoms with E-state index < -0.39 is 41.8 Å². The highest BCUT2D eigenvalue weighted by Gasteiger charge is 2.47. The van der Waals surface area contributed by atoms with Crippen molar-refractivity contribution in [1.29, 1.82) is 0 Å². The van der Waals surface area contributed by atoms with Crippen molar-refractivity contribution >= 4 is 34.7 Å². The van der Waals surface area contributed by atoms with Crippen LogP contribution in [0.15, 0.2) is 34.3 Å². The molecule has 0 radical (unpaired) electrons. The molecule has 4 rings (SSSR count). The van der Waals surface area contributed by atoms with Crippen LogP contribution in [-0.2, 0) is 11.0 Å². The molecular weight excluding hydrogens is 527 g/mol. The normalized spacial score (nSPS) is 21.7. The summed E-state index contributed by atoms with van der Waals surface area (Å²) in [5.41, 5.74) is -0.220. The predicted octanol–water partition coefficient (Wildman–Crippen LogP) is 1.99. The van der Waals surface area contributed by atoms with Crippen molar-refractivity contribution in [1.82, 2.24) is 30.3 Å². The van der Waals surface area contributed by atoms with Gasteiger partial charge in [0.15, 0.2) is 22.1 Å². The fourth-order valence-corrected chi connectivity index (χ4v) is 4.98. The minimum atomic E-state index is -4.45. The van der Waals surface area contributed by atoms with Crippen LogP contribution in [0.25, 0.3) is 11.2 Å². The van der Waals surface area contributed by atoms with Crippen molar-refractivity contribution < 1.29 is 33.3 Å². The largest absolute Gasteiger partial charge is 0.416 e. The molecule has 15 heteroatoms. The van der Waals surface area contributed by atoms with Crippen molar-refractivity contribution in [3.63, 3.8) is 0 Å². The van der Waals surface area contributed by atoms with Crippen LogP contribution >= 0.6 is 11.8 Å². The summed E-state index contributed by atoms with van der Waals surface area (Å²) in [5, 5.41) is 44.5. The van der Waals surface area contributed by atoms with E-state index >= 15 is 0 Å². The third kappa shape index (κ3) is 6.00. The highest BCUT2D eigenvalue weighted by atomic mass is 32.2. The number of fused-ring (bicyclic) bond motifs is 1. The second-order valence-corrected chi connectivity index (χ2v) is 9.91. The number of amides is 1. The number of aromatic nitrogens is 5. The van der Waals surface area contributed by atoms with Gasteiger partial charge in [0.25, 0.3) is 0 Å². The molecule has 0 spiro atoms. The van der Waals surface area contributed by atoms with Gasteiger partial charge in [-0.05, 0) is 48.9 Å². The summed E-state index contributed by atoms with van der Waals surface area (Å²) in [6.45, 7) is 2.36. The minimum Gasteiger partial charge on any atom is -0.395 e. The van der Waals surface area contributed by atoms with Gasteiger partial charge in [-0.2, -0.15) is 13.2 Å². The summed E-state index contributed by atoms with van der Waals surface area (Å²) in [4.78, 5) is 21.9. The molecule has 1 amide bonds. The first-order valence-electron chi connectivity index (χ1n) is 12.1. The highest BCUT2D eigenvalue weighted by molar-refractivity contribution is 7.99. The van der Waals surface area contributed by atoms with Crippen LogP contribution in [0.5, 0.6) is 0 Å². The molecule has 2 aromatic heterocycles. The number of alkyl halides is 3. The predicted molar refractivity (Wildman–Crippen MR) is 131 cm³/mol. The molecule has 1 aliphatic rings. The number of carbonyl (C=O) groups is 1. The monoisotopic (exact) mass is 555 g/mol. The van der Waals surface area contributed by atoms with Crippen LogP contribution in [0.3, 0.4) is 0 Å². The summed E-state index contributed by atoms with van der Waals surface area (Å²) < 4.78 is 40.2. The molecule has 1 fully saturated rings. The van der Waals surface area contributed by atoms with Crippen LogP contribution < -0.4 is 10.6 Å². The third-order valence-electron chi connectivity index (χ3n) is 6.23. The van der Waals surface area contributed by atoms with Crippen molar-refractivity contribution in [2.24, 2.45) is 5.92 Å². The molecule has 0 saturated heterocycles. The molecule has 11 nitrogen and oxygen atoms in total. The van der Waals surface area contributed by atoms with E-state index in [-0.39, 0.29) is 30.4 Å². The van der Waals surface area contributed by atoms with Gasteiger partial charge in [-0.15, -0.1) is 5.10 Å². The van der Waals surface area contributed by atoms with Gasteiger partial charge in [0.2, 0.25) is 5.91 Å². The average molecular weight is 556 g/mol. The number of halogens is 3. The molecule has 0 aliphatic heterocycles. The van der Waals surface area contributed by atoms with E-state index in [2.05, 4.69) is 30.9 Å². The second-order valence-electron chi connectivity index (χ2n) is 8.87. The van der Waals surface area contributed by atoms with Crippen LogP contribution in [-0.4, -0.2) is 78.1 Å². The topological polar surface area (TPSA) is 158 Å². The van der Waals surface area contributed by atoms with E-state index in [0.29, 0.717) is 22.8 Å². The Morgan fingerprint density at radius 2 is 1.89 bits per heavy atom. The number of anilines is 1. The van der Waals surface area contributed by atoms with E-state index in [9.17, 15) is 28.2 Å². The number of aliphatic hydroxyl groups excluding tert-OH is 3. The molecule has 1 aliphatic carbocycles. The average Bonchev–Trinajstić information content (AvgIpc) is 3.43. The molecule has 1 saturated carbocycles. The van der Waals surface area contributed by atoms with Gasteiger partial charge in [0.05, 0.1) is 30.2 Å². The number of hydrogen-bond acceptors (Lipinski definition) is 10. The van der Waals surface area contributed by atoms with Crippen molar-refractivity contribution in [2.45, 2.75) is 60.7 Å². The molecule has 206 valence electrons. The first-order valence-corrected chi connectivity index (χ1v) is 12.9. The molecule has 1 aromatic carbocycles. The molecular formula is C23H28F3N7O4S. The minimum absolute atomic E-state index is 0.0135. The van der Waals surface area contributed by atoms with Gasteiger partial charge >= 0.3 is 6.18 Å². The van der Waals surface area contributed by atoms with E-state index in [4.69, 9.17) is 5.11 Å². The lowest BCUT2D eigenvalue weighted by molar-refractivity contribution is -0.137. The number of nitrogens with one attached hydrogen (secondary N) is 2. The maximum atomic E-state index is 12.9. The second kappa shape index (κ2) is 11.8. The zero-order valence-electron chi connectivity index (χ0n) is 20.4. The highest BCUT2D eigenvalue weighted by Crippen LogP contribution is 2.38. The number of unbranched alkanes of at least 4 members (excludes halogenated alkanes) is 1. The lowest BCUT2D eigenvalue weighted by Crippen LogP contribution is -2.39. The fourth-order valence-electron chi connectivity index (χ4n) is 4.22. The molecule has 4 atom stereocenters.